The molecule has 0 unspecified atom stereocenters. The fraction of sp³-hybridized carbons (Fsp3) is 0.250. The summed E-state index contributed by atoms with van der Waals surface area (Å²) in [5.74, 6) is 0.111. The number of aliphatic hydroxyl groups excluding tert-OH is 2. The van der Waals surface area contributed by atoms with Crippen molar-refractivity contribution in [1.29, 1.82) is 0 Å². The number of phenols is 2. The SMILES string of the molecule is Cc1cc(CO)c(O)c(SSc2cc(C)cc(CO)c2O)c1. The van der Waals surface area contributed by atoms with Crippen LogP contribution in [0.15, 0.2) is 34.1 Å². The van der Waals surface area contributed by atoms with Gasteiger partial charge in [-0.3, -0.25) is 0 Å². The van der Waals surface area contributed by atoms with E-state index in [1.807, 2.05) is 26.0 Å². The van der Waals surface area contributed by atoms with Gasteiger partial charge < -0.3 is 20.4 Å². The Kier molecular flexibility index (Phi) is 5.63. The van der Waals surface area contributed by atoms with Crippen LogP contribution in [0, 0.1) is 13.8 Å². The van der Waals surface area contributed by atoms with Crippen LogP contribution in [-0.2, 0) is 13.2 Å². The van der Waals surface area contributed by atoms with Crippen LogP contribution in [0.4, 0.5) is 0 Å². The Labute approximate surface area is 137 Å². The largest absolute Gasteiger partial charge is 0.506 e. The van der Waals surface area contributed by atoms with E-state index in [0.29, 0.717) is 20.9 Å². The van der Waals surface area contributed by atoms with Crippen molar-refractivity contribution in [3.63, 3.8) is 0 Å². The fourth-order valence-electron chi connectivity index (χ4n) is 2.09. The number of hydrogen-bond acceptors (Lipinski definition) is 6. The van der Waals surface area contributed by atoms with Gasteiger partial charge in [-0.05, 0) is 70.8 Å². The summed E-state index contributed by atoms with van der Waals surface area (Å²) in [6.45, 7) is 3.33. The van der Waals surface area contributed by atoms with Crippen molar-refractivity contribution >= 4 is 21.6 Å². The second kappa shape index (κ2) is 7.28. The lowest BCUT2D eigenvalue weighted by molar-refractivity contribution is 0.274. The molecule has 0 saturated carbocycles. The zero-order valence-corrected chi connectivity index (χ0v) is 14.0. The first-order valence-corrected chi connectivity index (χ1v) is 8.82. The fourth-order valence-corrected chi connectivity index (χ4v) is 4.46. The molecule has 0 aromatic heterocycles. The van der Waals surface area contributed by atoms with E-state index in [0.717, 1.165) is 11.1 Å². The van der Waals surface area contributed by atoms with E-state index in [4.69, 9.17) is 0 Å². The second-order valence-electron chi connectivity index (χ2n) is 5.02. The van der Waals surface area contributed by atoms with Gasteiger partial charge in [-0.15, -0.1) is 0 Å². The Hall–Kier alpha value is -1.34. The minimum Gasteiger partial charge on any atom is -0.506 e. The van der Waals surface area contributed by atoms with Crippen molar-refractivity contribution in [2.45, 2.75) is 36.9 Å². The highest BCUT2D eigenvalue weighted by atomic mass is 33.1. The lowest BCUT2D eigenvalue weighted by Crippen LogP contribution is -1.89. The molecule has 2 aromatic rings. The number of hydrogen-bond donors (Lipinski definition) is 4. The van der Waals surface area contributed by atoms with Crippen molar-refractivity contribution in [3.8, 4) is 11.5 Å². The summed E-state index contributed by atoms with van der Waals surface area (Å²) in [7, 11) is 2.60. The monoisotopic (exact) mass is 338 g/mol. The molecule has 0 amide bonds. The summed E-state index contributed by atoms with van der Waals surface area (Å²) < 4.78 is 0. The number of aromatic hydroxyl groups is 2. The number of aryl methyl sites for hydroxylation is 2. The summed E-state index contributed by atoms with van der Waals surface area (Å²) in [6.07, 6.45) is 0. The first-order chi connectivity index (χ1) is 10.5. The molecule has 0 aliphatic heterocycles. The third-order valence-electron chi connectivity index (χ3n) is 3.16. The van der Waals surface area contributed by atoms with E-state index < -0.39 is 0 Å². The van der Waals surface area contributed by atoms with Gasteiger partial charge in [0.15, 0.2) is 0 Å². The highest BCUT2D eigenvalue weighted by molar-refractivity contribution is 8.76. The molecule has 118 valence electrons. The smallest absolute Gasteiger partial charge is 0.135 e. The van der Waals surface area contributed by atoms with E-state index in [2.05, 4.69) is 0 Å². The van der Waals surface area contributed by atoms with E-state index >= 15 is 0 Å². The summed E-state index contributed by atoms with van der Waals surface area (Å²) in [5.41, 5.74) is 2.84. The average Bonchev–Trinajstić information content (AvgIpc) is 2.50. The van der Waals surface area contributed by atoms with Crippen LogP contribution in [0.25, 0.3) is 0 Å². The average molecular weight is 338 g/mol. The molecule has 4 nitrogen and oxygen atoms in total. The first kappa shape index (κ1) is 17.0. The van der Waals surface area contributed by atoms with Gasteiger partial charge in [0, 0.05) is 11.1 Å². The van der Waals surface area contributed by atoms with Gasteiger partial charge in [-0.25, -0.2) is 0 Å². The lowest BCUT2D eigenvalue weighted by atomic mass is 10.1. The topological polar surface area (TPSA) is 80.9 Å². The van der Waals surface area contributed by atoms with Gasteiger partial charge in [-0.1, -0.05) is 0 Å². The summed E-state index contributed by atoms with van der Waals surface area (Å²) in [6, 6.07) is 7.12. The van der Waals surface area contributed by atoms with Crippen molar-refractivity contribution in [1.82, 2.24) is 0 Å². The molecule has 2 aromatic carbocycles. The van der Waals surface area contributed by atoms with Gasteiger partial charge in [0.25, 0.3) is 0 Å². The van der Waals surface area contributed by atoms with Gasteiger partial charge in [-0.2, -0.15) is 0 Å². The molecular formula is C16H18O4S2. The molecule has 0 spiro atoms. The van der Waals surface area contributed by atoms with Crippen LogP contribution >= 0.6 is 21.6 Å². The Morgan fingerprint density at radius 1 is 0.727 bits per heavy atom. The van der Waals surface area contributed by atoms with Crippen molar-refractivity contribution in [2.75, 3.05) is 0 Å². The molecule has 2 rings (SSSR count). The zero-order valence-electron chi connectivity index (χ0n) is 12.3. The van der Waals surface area contributed by atoms with Crippen molar-refractivity contribution < 1.29 is 20.4 Å². The predicted octanol–water partition coefficient (Wildman–Crippen LogP) is 3.50. The molecule has 22 heavy (non-hydrogen) atoms. The minimum absolute atomic E-state index is 0.0557. The summed E-state index contributed by atoms with van der Waals surface area (Å²) >= 11 is 0. The van der Waals surface area contributed by atoms with E-state index in [1.54, 1.807) is 12.1 Å². The first-order valence-electron chi connectivity index (χ1n) is 6.67. The Morgan fingerprint density at radius 3 is 1.41 bits per heavy atom. The maximum Gasteiger partial charge on any atom is 0.135 e. The summed E-state index contributed by atoms with van der Waals surface area (Å²) in [5, 5.41) is 38.8. The van der Waals surface area contributed by atoms with E-state index in [-0.39, 0.29) is 24.7 Å². The molecule has 0 aliphatic carbocycles. The molecule has 4 N–H and O–H groups in total. The predicted molar refractivity (Wildman–Crippen MR) is 89.2 cm³/mol. The molecule has 0 heterocycles. The van der Waals surface area contributed by atoms with Crippen LogP contribution < -0.4 is 0 Å². The van der Waals surface area contributed by atoms with Crippen LogP contribution in [0.1, 0.15) is 22.3 Å². The molecule has 0 fully saturated rings. The van der Waals surface area contributed by atoms with Crippen LogP contribution in [0.3, 0.4) is 0 Å². The highest BCUT2D eigenvalue weighted by Gasteiger charge is 2.13. The van der Waals surface area contributed by atoms with Crippen LogP contribution in [0.2, 0.25) is 0 Å². The normalized spacial score (nSPS) is 10.9. The maximum absolute atomic E-state index is 10.1. The molecular weight excluding hydrogens is 320 g/mol. The quantitative estimate of drug-likeness (QED) is 0.625. The Morgan fingerprint density at radius 2 is 1.09 bits per heavy atom. The Bertz CT molecular complexity index is 627. The number of benzene rings is 2. The Balaban J connectivity index is 2.28. The van der Waals surface area contributed by atoms with Gasteiger partial charge in [0.2, 0.25) is 0 Å². The van der Waals surface area contributed by atoms with Crippen molar-refractivity contribution in [3.05, 3.63) is 46.5 Å². The number of rotatable bonds is 5. The molecule has 0 atom stereocenters. The minimum atomic E-state index is -0.226. The van der Waals surface area contributed by atoms with Gasteiger partial charge >= 0.3 is 0 Å². The van der Waals surface area contributed by atoms with Gasteiger partial charge in [0.05, 0.1) is 23.0 Å². The standard InChI is InChI=1S/C16H18O4S2/c1-9-3-11(7-17)15(19)13(5-9)21-22-14-6-10(2)4-12(8-18)16(14)20/h3-6,17-20H,7-8H2,1-2H3. The maximum atomic E-state index is 10.1. The van der Waals surface area contributed by atoms with E-state index in [9.17, 15) is 20.4 Å². The third-order valence-corrected chi connectivity index (χ3v) is 5.55. The molecule has 6 heteroatoms. The van der Waals surface area contributed by atoms with Crippen molar-refractivity contribution in [2.24, 2.45) is 0 Å². The lowest BCUT2D eigenvalue weighted by Gasteiger charge is -2.11. The molecule has 0 aliphatic rings. The molecule has 0 radical (unpaired) electrons. The molecule has 0 bridgehead atoms. The summed E-state index contributed by atoms with van der Waals surface area (Å²) in [4.78, 5) is 1.25. The highest BCUT2D eigenvalue weighted by Crippen LogP contribution is 2.46. The third kappa shape index (κ3) is 3.70. The number of aliphatic hydroxyl groups is 2. The zero-order chi connectivity index (χ0) is 16.3. The van der Waals surface area contributed by atoms with E-state index in [1.165, 1.54) is 21.6 Å². The van der Waals surface area contributed by atoms with Crippen LogP contribution in [0.5, 0.6) is 11.5 Å². The van der Waals surface area contributed by atoms with Gasteiger partial charge in [0.1, 0.15) is 11.5 Å². The molecule has 0 saturated heterocycles. The van der Waals surface area contributed by atoms with Crippen LogP contribution in [-0.4, -0.2) is 20.4 Å². The second-order valence-corrected chi connectivity index (χ2v) is 7.24.